The summed E-state index contributed by atoms with van der Waals surface area (Å²) in [5.74, 6) is 0.308. The lowest BCUT2D eigenvalue weighted by Crippen LogP contribution is -2.68. The Kier molecular flexibility index (Phi) is 5.72. The van der Waals surface area contributed by atoms with Crippen LogP contribution in [0.3, 0.4) is 0 Å². The summed E-state index contributed by atoms with van der Waals surface area (Å²) in [5.41, 5.74) is 6.89. The summed E-state index contributed by atoms with van der Waals surface area (Å²) in [6, 6.07) is 0. The fraction of sp³-hybridized carbons (Fsp3) is 0.545. The first kappa shape index (κ1) is 19.6. The average Bonchev–Trinajstić information content (AvgIpc) is 2.97. The zero-order valence-corrected chi connectivity index (χ0v) is 13.6. The number of aliphatic hydroxyl groups is 3. The maximum atomic E-state index is 10.1. The molecule has 13 nitrogen and oxygen atoms in total. The van der Waals surface area contributed by atoms with Gasteiger partial charge < -0.3 is 25.8 Å². The summed E-state index contributed by atoms with van der Waals surface area (Å²) in [7, 11) is -3.18. The normalized spacial score (nSPS) is 26.6. The van der Waals surface area contributed by atoms with E-state index in [1.165, 1.54) is 6.33 Å². The first-order valence-electron chi connectivity index (χ1n) is 6.75. The number of anilines is 1. The Balaban J connectivity index is 0.000000399. The average molecular weight is 382 g/mol. The van der Waals surface area contributed by atoms with E-state index in [4.69, 9.17) is 34.2 Å². The molecule has 0 spiro atoms. The van der Waals surface area contributed by atoms with E-state index in [2.05, 4.69) is 9.97 Å². The Bertz CT molecular complexity index is 731. The molecule has 0 saturated carbocycles. The van der Waals surface area contributed by atoms with Gasteiger partial charge >= 0.3 is 5.65 Å². The molecule has 1 aliphatic rings. The number of aryl methyl sites for hydroxylation is 1. The van der Waals surface area contributed by atoms with Gasteiger partial charge in [0.2, 0.25) is 11.7 Å². The van der Waals surface area contributed by atoms with Crippen molar-refractivity contribution >= 4 is 17.0 Å². The van der Waals surface area contributed by atoms with Crippen LogP contribution in [0.15, 0.2) is 12.7 Å². The van der Waals surface area contributed by atoms with Gasteiger partial charge in [-0.2, -0.15) is 4.98 Å². The van der Waals surface area contributed by atoms with Crippen LogP contribution in [0.5, 0.6) is 0 Å². The molecule has 1 fully saturated rings. The van der Waals surface area contributed by atoms with E-state index in [-0.39, 0.29) is 6.61 Å². The van der Waals surface area contributed by atoms with E-state index in [0.717, 1.165) is 0 Å². The second-order valence-corrected chi connectivity index (χ2v) is 5.93. The molecule has 2 aromatic heterocycles. The van der Waals surface area contributed by atoms with Gasteiger partial charge in [0.25, 0.3) is 0 Å². The largest absolute Gasteiger partial charge is 0.394 e. The molecule has 3 heterocycles. The topological polar surface area (TPSA) is 223 Å². The van der Waals surface area contributed by atoms with Crippen molar-refractivity contribution in [2.75, 3.05) is 12.3 Å². The molecule has 4 atom stereocenters. The number of fused-ring (bicyclic) bond motifs is 1. The first-order chi connectivity index (χ1) is 11.5. The molecule has 1 aliphatic heterocycles. The second-order valence-electron chi connectivity index (χ2n) is 5.17. The second kappa shape index (κ2) is 7.28. The van der Waals surface area contributed by atoms with Crippen molar-refractivity contribution in [3.63, 3.8) is 0 Å². The minimum absolute atomic E-state index is 0.308. The number of nitrogens with zero attached hydrogens (tertiary/aromatic N) is 4. The summed E-state index contributed by atoms with van der Waals surface area (Å²) < 4.78 is 42.7. The molecule has 1 saturated heterocycles. The molecule has 0 radical (unpaired) electrons. The molecule has 0 bridgehead atoms. The third kappa shape index (κ3) is 4.30. The van der Waals surface area contributed by atoms with Gasteiger partial charge in [0.1, 0.15) is 18.3 Å². The molecule has 2 aromatic rings. The molecule has 0 unspecified atom stereocenters. The van der Waals surface area contributed by atoms with E-state index < -0.39 is 34.8 Å². The van der Waals surface area contributed by atoms with Crippen LogP contribution in [-0.4, -0.2) is 54.8 Å². The van der Waals surface area contributed by atoms with Gasteiger partial charge in [-0.1, -0.05) is 4.98 Å². The van der Waals surface area contributed by atoms with Gasteiger partial charge in [-0.25, -0.2) is 23.2 Å². The number of aliphatic hydroxyl groups excluding tert-OH is 3. The van der Waals surface area contributed by atoms with E-state index in [0.29, 0.717) is 17.0 Å². The Morgan fingerprint density at radius 3 is 2.40 bits per heavy atom. The molecule has 25 heavy (non-hydrogen) atoms. The quantitative estimate of drug-likeness (QED) is 0.357. The molecule has 140 valence electrons. The van der Waals surface area contributed by atoms with Crippen molar-refractivity contribution < 1.29 is 53.5 Å². The smallest absolute Gasteiger partial charge is 0.309 e. The van der Waals surface area contributed by atoms with E-state index >= 15 is 0 Å². The lowest BCUT2D eigenvalue weighted by molar-refractivity contribution is -2.00. The Morgan fingerprint density at radius 2 is 1.88 bits per heavy atom. The van der Waals surface area contributed by atoms with E-state index in [9.17, 15) is 10.2 Å². The minimum Gasteiger partial charge on any atom is -0.394 e. The van der Waals surface area contributed by atoms with Crippen molar-refractivity contribution in [3.8, 4) is 0 Å². The number of nitrogen functional groups attached to an aromatic ring is 1. The van der Waals surface area contributed by atoms with Gasteiger partial charge in [-0.05, 0) is 0 Å². The predicted octanol–water partition coefficient (Wildman–Crippen LogP) is -7.31. The fourth-order valence-electron chi connectivity index (χ4n) is 2.51. The number of aromatic nitrogens is 4. The predicted molar refractivity (Wildman–Crippen MR) is 66.1 cm³/mol. The Labute approximate surface area is 142 Å². The van der Waals surface area contributed by atoms with Crippen LogP contribution >= 0.6 is 0 Å². The van der Waals surface area contributed by atoms with Crippen LogP contribution in [0, 0.1) is 10.2 Å². The zero-order valence-electron chi connectivity index (χ0n) is 12.8. The number of hydrogen-bond acceptors (Lipinski definition) is 11. The third-order valence-electron chi connectivity index (χ3n) is 3.52. The lowest BCUT2D eigenvalue weighted by Gasteiger charge is -2.17. The molecule has 0 amide bonds. The number of hydrogen-bond donors (Lipinski definition) is 4. The molecule has 0 aromatic carbocycles. The molecular formula is C11H16ClN5O8. The summed E-state index contributed by atoms with van der Waals surface area (Å²) in [6.07, 6.45) is -1.05. The molecular weight excluding hydrogens is 366 g/mol. The maximum absolute atomic E-state index is 10.1. The van der Waals surface area contributed by atoms with E-state index in [1.54, 1.807) is 22.5 Å². The van der Waals surface area contributed by atoms with Gasteiger partial charge in [0.15, 0.2) is 18.5 Å². The number of nitrogens with two attached hydrogens (primary N) is 1. The van der Waals surface area contributed by atoms with Gasteiger partial charge in [-0.3, -0.25) is 4.57 Å². The van der Waals surface area contributed by atoms with Crippen LogP contribution in [0.25, 0.3) is 11.2 Å². The number of imidazole rings is 1. The number of halogens is 1. The van der Waals surface area contributed by atoms with Crippen LogP contribution in [0.2, 0.25) is 0 Å². The number of ether oxygens (including phenoxy) is 1. The first-order valence-corrected chi connectivity index (χ1v) is 7.99. The van der Waals surface area contributed by atoms with Gasteiger partial charge in [0.05, 0.1) is 13.7 Å². The van der Waals surface area contributed by atoms with E-state index in [1.807, 2.05) is 0 Å². The lowest BCUT2D eigenvalue weighted by atomic mass is 10.1. The SMILES string of the molecule is Cn1c[n+]([C@@H]2O[C@H](CO)[C@@H](O)[C@H]2O)c2ncnc(N)c21.[O-][Cl+3]([O-])([O-])[O-]. The van der Waals surface area contributed by atoms with Crippen molar-refractivity contribution in [3.05, 3.63) is 12.7 Å². The van der Waals surface area contributed by atoms with Gasteiger partial charge in [0, 0.05) is 0 Å². The standard InChI is InChI=1S/C11H16N5O4.ClHO4/c1-15-4-16(10-6(15)9(12)13-3-14-10)11-8(19)7(18)5(2-17)20-11;2-1(3,4)5/h3-5,7-8,11,17-19H,2H2,1H3,(H2,12,13,14);(H,2,3,4,5)/q+1;/p-1/t5-,7-,8-,11-;/m1./s1. The minimum atomic E-state index is -4.94. The van der Waals surface area contributed by atoms with Crippen LogP contribution in [0.4, 0.5) is 5.82 Å². The summed E-state index contributed by atoms with van der Waals surface area (Å²) in [4.78, 5) is 8.05. The fourth-order valence-corrected chi connectivity index (χ4v) is 2.51. The van der Waals surface area contributed by atoms with Crippen LogP contribution in [0.1, 0.15) is 6.23 Å². The highest BCUT2D eigenvalue weighted by Crippen LogP contribution is 2.27. The monoisotopic (exact) mass is 381 g/mol. The van der Waals surface area contributed by atoms with Crippen molar-refractivity contribution in [1.29, 1.82) is 0 Å². The van der Waals surface area contributed by atoms with Crippen molar-refractivity contribution in [2.45, 2.75) is 24.5 Å². The highest BCUT2D eigenvalue weighted by molar-refractivity contribution is 5.78. The van der Waals surface area contributed by atoms with Crippen molar-refractivity contribution in [1.82, 2.24) is 14.5 Å². The molecule has 0 aliphatic carbocycles. The summed E-state index contributed by atoms with van der Waals surface area (Å²) in [6.45, 7) is -0.378. The highest BCUT2D eigenvalue weighted by atomic mass is 35.7. The highest BCUT2D eigenvalue weighted by Gasteiger charge is 2.46. The van der Waals surface area contributed by atoms with Crippen molar-refractivity contribution in [2.24, 2.45) is 7.05 Å². The molecule has 14 heteroatoms. The van der Waals surface area contributed by atoms with Gasteiger partial charge in [-0.15, -0.1) is 10.2 Å². The summed E-state index contributed by atoms with van der Waals surface area (Å²) >= 11 is 0. The molecule has 3 rings (SSSR count). The van der Waals surface area contributed by atoms with Crippen LogP contribution in [-0.2, 0) is 11.8 Å². The zero-order chi connectivity index (χ0) is 18.9. The van der Waals surface area contributed by atoms with Crippen LogP contribution < -0.4 is 28.9 Å². The number of rotatable bonds is 2. The third-order valence-corrected chi connectivity index (χ3v) is 3.52. The summed E-state index contributed by atoms with van der Waals surface area (Å²) in [5, 5.41) is 29.0. The molecule has 5 N–H and O–H groups in total. The Morgan fingerprint density at radius 1 is 1.28 bits per heavy atom. The maximum Gasteiger partial charge on any atom is 0.309 e. The Hall–Kier alpha value is -1.68.